The lowest BCUT2D eigenvalue weighted by molar-refractivity contribution is 0.102. The molecular formula is C21H21N3O3S. The first kappa shape index (κ1) is 19.6. The van der Waals surface area contributed by atoms with E-state index in [0.717, 1.165) is 11.1 Å². The molecule has 28 heavy (non-hydrogen) atoms. The molecule has 1 heterocycles. The van der Waals surface area contributed by atoms with Gasteiger partial charge in [-0.2, -0.15) is 0 Å². The van der Waals surface area contributed by atoms with Gasteiger partial charge in [0.25, 0.3) is 5.91 Å². The molecule has 0 saturated carbocycles. The van der Waals surface area contributed by atoms with Crippen LogP contribution in [0.3, 0.4) is 0 Å². The van der Waals surface area contributed by atoms with Crippen LogP contribution >= 0.6 is 0 Å². The SMILES string of the molecule is Cc1ccc(NC(=O)c2ccnc(NS(=O)(=O)Cc3ccccc3)c2)cc1C. The molecule has 0 radical (unpaired) electrons. The summed E-state index contributed by atoms with van der Waals surface area (Å²) < 4.78 is 27.1. The molecule has 3 rings (SSSR count). The highest BCUT2D eigenvalue weighted by Crippen LogP contribution is 2.17. The molecule has 6 nitrogen and oxygen atoms in total. The van der Waals surface area contributed by atoms with Crippen LogP contribution in [0.2, 0.25) is 0 Å². The van der Waals surface area contributed by atoms with Gasteiger partial charge in [-0.25, -0.2) is 13.4 Å². The maximum atomic E-state index is 12.5. The molecule has 7 heteroatoms. The first-order valence-corrected chi connectivity index (χ1v) is 10.4. The van der Waals surface area contributed by atoms with Crippen molar-refractivity contribution in [2.24, 2.45) is 0 Å². The van der Waals surface area contributed by atoms with Crippen LogP contribution in [0.25, 0.3) is 0 Å². The average Bonchev–Trinajstić information content (AvgIpc) is 2.65. The molecule has 144 valence electrons. The van der Waals surface area contributed by atoms with E-state index in [0.29, 0.717) is 16.8 Å². The van der Waals surface area contributed by atoms with Gasteiger partial charge < -0.3 is 5.32 Å². The molecule has 0 atom stereocenters. The predicted molar refractivity (Wildman–Crippen MR) is 111 cm³/mol. The van der Waals surface area contributed by atoms with Crippen LogP contribution in [0.5, 0.6) is 0 Å². The normalized spacial score (nSPS) is 11.1. The number of pyridine rings is 1. The number of nitrogens with one attached hydrogen (secondary N) is 2. The number of amides is 1. The second kappa shape index (κ2) is 8.22. The van der Waals surface area contributed by atoms with Crippen molar-refractivity contribution in [1.29, 1.82) is 0 Å². The molecule has 0 aliphatic carbocycles. The van der Waals surface area contributed by atoms with E-state index in [2.05, 4.69) is 15.0 Å². The third-order valence-corrected chi connectivity index (χ3v) is 5.48. The monoisotopic (exact) mass is 395 g/mol. The zero-order valence-corrected chi connectivity index (χ0v) is 16.5. The first-order chi connectivity index (χ1) is 13.3. The zero-order valence-electron chi connectivity index (χ0n) is 15.6. The Hall–Kier alpha value is -3.19. The first-order valence-electron chi connectivity index (χ1n) is 8.71. The van der Waals surface area contributed by atoms with Gasteiger partial charge in [0.1, 0.15) is 5.82 Å². The van der Waals surface area contributed by atoms with Crippen LogP contribution in [-0.2, 0) is 15.8 Å². The van der Waals surface area contributed by atoms with E-state index in [1.807, 2.05) is 38.1 Å². The number of anilines is 2. The van der Waals surface area contributed by atoms with E-state index in [1.165, 1.54) is 18.3 Å². The number of benzene rings is 2. The largest absolute Gasteiger partial charge is 0.322 e. The van der Waals surface area contributed by atoms with Crippen molar-refractivity contribution in [3.8, 4) is 0 Å². The third kappa shape index (κ3) is 5.17. The number of aromatic nitrogens is 1. The summed E-state index contributed by atoms with van der Waals surface area (Å²) in [5.74, 6) is -0.410. The van der Waals surface area contributed by atoms with E-state index in [9.17, 15) is 13.2 Å². The third-order valence-electron chi connectivity index (χ3n) is 4.25. The van der Waals surface area contributed by atoms with Crippen LogP contribution in [0.1, 0.15) is 27.0 Å². The Kier molecular flexibility index (Phi) is 5.75. The number of hydrogen-bond donors (Lipinski definition) is 2. The van der Waals surface area contributed by atoms with Crippen LogP contribution in [0.15, 0.2) is 66.9 Å². The Morgan fingerprint density at radius 1 is 0.964 bits per heavy atom. The molecule has 0 bridgehead atoms. The molecular weight excluding hydrogens is 374 g/mol. The highest BCUT2D eigenvalue weighted by atomic mass is 32.2. The minimum absolute atomic E-state index is 0.101. The van der Waals surface area contributed by atoms with Crippen molar-refractivity contribution < 1.29 is 13.2 Å². The Balaban J connectivity index is 1.72. The number of rotatable bonds is 6. The lowest BCUT2D eigenvalue weighted by atomic mass is 10.1. The van der Waals surface area contributed by atoms with Crippen molar-refractivity contribution in [2.75, 3.05) is 10.0 Å². The van der Waals surface area contributed by atoms with Crippen LogP contribution in [-0.4, -0.2) is 19.3 Å². The van der Waals surface area contributed by atoms with Gasteiger partial charge in [0.15, 0.2) is 0 Å². The lowest BCUT2D eigenvalue weighted by Gasteiger charge is -2.10. The molecule has 1 amide bonds. The van der Waals surface area contributed by atoms with Gasteiger partial charge in [0, 0.05) is 17.4 Å². The minimum atomic E-state index is -3.64. The summed E-state index contributed by atoms with van der Waals surface area (Å²) in [6.07, 6.45) is 1.40. The molecule has 0 spiro atoms. The topological polar surface area (TPSA) is 88.2 Å². The van der Waals surface area contributed by atoms with Gasteiger partial charge in [-0.05, 0) is 54.8 Å². The van der Waals surface area contributed by atoms with Gasteiger partial charge in [-0.3, -0.25) is 9.52 Å². The maximum absolute atomic E-state index is 12.5. The molecule has 0 aliphatic heterocycles. The second-order valence-corrected chi connectivity index (χ2v) is 8.25. The van der Waals surface area contributed by atoms with Crippen molar-refractivity contribution in [3.63, 3.8) is 0 Å². The van der Waals surface area contributed by atoms with Crippen molar-refractivity contribution >= 4 is 27.4 Å². The van der Waals surface area contributed by atoms with Gasteiger partial charge in [-0.1, -0.05) is 36.4 Å². The van der Waals surface area contributed by atoms with Crippen LogP contribution < -0.4 is 10.0 Å². The fourth-order valence-electron chi connectivity index (χ4n) is 2.64. The maximum Gasteiger partial charge on any atom is 0.255 e. The quantitative estimate of drug-likeness (QED) is 0.663. The standard InChI is InChI=1S/C21H21N3O3S/c1-15-8-9-19(12-16(15)2)23-21(25)18-10-11-22-20(13-18)24-28(26,27)14-17-6-4-3-5-7-17/h3-13H,14H2,1-2H3,(H,22,24)(H,23,25). The minimum Gasteiger partial charge on any atom is -0.322 e. The van der Waals surface area contributed by atoms with Gasteiger partial charge >= 0.3 is 0 Å². The Morgan fingerprint density at radius 2 is 1.71 bits per heavy atom. The number of sulfonamides is 1. The van der Waals surface area contributed by atoms with Crippen LogP contribution in [0.4, 0.5) is 11.5 Å². The molecule has 0 fully saturated rings. The fourth-order valence-corrected chi connectivity index (χ4v) is 3.77. The zero-order chi connectivity index (χ0) is 20.1. The smallest absolute Gasteiger partial charge is 0.255 e. The summed E-state index contributed by atoms with van der Waals surface area (Å²) in [6, 6.07) is 17.4. The molecule has 2 aromatic carbocycles. The van der Waals surface area contributed by atoms with Crippen molar-refractivity contribution in [1.82, 2.24) is 4.98 Å². The van der Waals surface area contributed by atoms with Gasteiger partial charge in [-0.15, -0.1) is 0 Å². The highest BCUT2D eigenvalue weighted by Gasteiger charge is 2.14. The fraction of sp³-hybridized carbons (Fsp3) is 0.143. The Morgan fingerprint density at radius 3 is 2.43 bits per heavy atom. The van der Waals surface area contributed by atoms with E-state index >= 15 is 0 Å². The summed E-state index contributed by atoms with van der Waals surface area (Å²) in [6.45, 7) is 3.97. The summed E-state index contributed by atoms with van der Waals surface area (Å²) in [4.78, 5) is 16.5. The summed E-state index contributed by atoms with van der Waals surface area (Å²) >= 11 is 0. The average molecular weight is 395 g/mol. The van der Waals surface area contributed by atoms with Gasteiger partial charge in [0.2, 0.25) is 10.0 Å². The highest BCUT2D eigenvalue weighted by molar-refractivity contribution is 7.91. The molecule has 1 aromatic heterocycles. The van der Waals surface area contributed by atoms with E-state index in [4.69, 9.17) is 0 Å². The molecule has 0 saturated heterocycles. The summed E-state index contributed by atoms with van der Waals surface area (Å²) in [7, 11) is -3.64. The molecule has 3 aromatic rings. The number of carbonyl (C=O) groups is 1. The van der Waals surface area contributed by atoms with Crippen LogP contribution in [0, 0.1) is 13.8 Å². The number of aryl methyl sites for hydroxylation is 2. The molecule has 0 unspecified atom stereocenters. The Labute approximate surface area is 164 Å². The molecule has 0 aliphatic rings. The Bertz CT molecular complexity index is 1100. The van der Waals surface area contributed by atoms with Crippen molar-refractivity contribution in [3.05, 3.63) is 89.1 Å². The lowest BCUT2D eigenvalue weighted by Crippen LogP contribution is -2.17. The summed E-state index contributed by atoms with van der Waals surface area (Å²) in [5, 5.41) is 2.81. The second-order valence-electron chi connectivity index (χ2n) is 6.53. The number of carbonyl (C=O) groups excluding carboxylic acids is 1. The van der Waals surface area contributed by atoms with Gasteiger partial charge in [0.05, 0.1) is 5.75 Å². The summed E-state index contributed by atoms with van der Waals surface area (Å²) in [5.41, 5.74) is 3.86. The van der Waals surface area contributed by atoms with E-state index in [-0.39, 0.29) is 17.5 Å². The molecule has 2 N–H and O–H groups in total. The number of hydrogen-bond acceptors (Lipinski definition) is 4. The van der Waals surface area contributed by atoms with E-state index in [1.54, 1.807) is 24.3 Å². The van der Waals surface area contributed by atoms with Crippen molar-refractivity contribution in [2.45, 2.75) is 19.6 Å². The van der Waals surface area contributed by atoms with E-state index < -0.39 is 10.0 Å². The predicted octanol–water partition coefficient (Wildman–Crippen LogP) is 3.89. The number of nitrogens with zero attached hydrogens (tertiary/aromatic N) is 1.